The average Bonchev–Trinajstić information content (AvgIpc) is 1.61. The van der Waals surface area contributed by atoms with Crippen molar-refractivity contribution in [3.05, 3.63) is 0 Å². The van der Waals surface area contributed by atoms with Crippen LogP contribution in [0.1, 0.15) is 26.7 Å². The molecular weight excluding hydrogens is 112 g/mol. The molecule has 9 heavy (non-hydrogen) atoms. The molecule has 1 saturated carbocycles. The number of aliphatic hydroxyl groups excluding tert-OH is 1. The van der Waals surface area contributed by atoms with Gasteiger partial charge >= 0.3 is 0 Å². The van der Waals surface area contributed by atoms with Crippen molar-refractivity contribution in [3.8, 4) is 0 Å². The number of aliphatic hydroxyl groups is 1. The lowest BCUT2D eigenvalue weighted by Crippen LogP contribution is -2.32. The topological polar surface area (TPSA) is 20.2 Å². The summed E-state index contributed by atoms with van der Waals surface area (Å²) in [4.78, 5) is 0. The maximum absolute atomic E-state index is 8.81. The van der Waals surface area contributed by atoms with Gasteiger partial charge in [0.15, 0.2) is 0 Å². The van der Waals surface area contributed by atoms with Crippen molar-refractivity contribution in [3.63, 3.8) is 0 Å². The summed E-state index contributed by atoms with van der Waals surface area (Å²) in [6.07, 6.45) is 2.59. The van der Waals surface area contributed by atoms with Crippen LogP contribution < -0.4 is 0 Å². The minimum Gasteiger partial charge on any atom is -0.396 e. The summed E-state index contributed by atoms with van der Waals surface area (Å²) in [7, 11) is 0. The second kappa shape index (κ2) is 2.70. The Morgan fingerprint density at radius 2 is 2.11 bits per heavy atom. The van der Waals surface area contributed by atoms with Gasteiger partial charge in [0, 0.05) is 6.61 Å². The monoisotopic (exact) mass is 128 g/mol. The lowest BCUT2D eigenvalue weighted by Gasteiger charge is -2.38. The summed E-state index contributed by atoms with van der Waals surface area (Å²) in [5, 5.41) is 8.81. The molecule has 1 nitrogen and oxygen atoms in total. The van der Waals surface area contributed by atoms with E-state index >= 15 is 0 Å². The highest BCUT2D eigenvalue weighted by atomic mass is 16.3. The first-order valence-electron chi connectivity index (χ1n) is 3.86. The highest BCUT2D eigenvalue weighted by Gasteiger charge is 2.31. The van der Waals surface area contributed by atoms with E-state index in [1.54, 1.807) is 0 Å². The summed E-state index contributed by atoms with van der Waals surface area (Å²) in [6, 6.07) is 0. The molecule has 0 aromatic heterocycles. The van der Waals surface area contributed by atoms with Gasteiger partial charge in [0.2, 0.25) is 0 Å². The number of rotatable bonds is 2. The zero-order chi connectivity index (χ0) is 6.85. The van der Waals surface area contributed by atoms with Crippen LogP contribution in [-0.2, 0) is 0 Å². The van der Waals surface area contributed by atoms with E-state index in [1.807, 2.05) is 0 Å². The molecule has 2 atom stereocenters. The molecule has 54 valence electrons. The Kier molecular flexibility index (Phi) is 2.12. The van der Waals surface area contributed by atoms with Gasteiger partial charge in [-0.1, -0.05) is 13.8 Å². The molecule has 1 aliphatic rings. The van der Waals surface area contributed by atoms with Crippen molar-refractivity contribution in [2.75, 3.05) is 6.61 Å². The highest BCUT2D eigenvalue weighted by molar-refractivity contribution is 4.81. The van der Waals surface area contributed by atoms with Gasteiger partial charge in [-0.2, -0.15) is 0 Å². The Morgan fingerprint density at radius 3 is 2.22 bits per heavy atom. The lowest BCUT2D eigenvalue weighted by molar-refractivity contribution is 0.0597. The molecule has 0 amide bonds. The molecule has 0 bridgehead atoms. The Morgan fingerprint density at radius 1 is 1.44 bits per heavy atom. The van der Waals surface area contributed by atoms with E-state index in [-0.39, 0.29) is 0 Å². The normalized spacial score (nSPS) is 34.7. The first-order chi connectivity index (χ1) is 4.25. The standard InChI is InChI=1S/C8H16O/c1-6(2)8-4-3-7(8)5-9/h6-9H,3-5H2,1-2H3/t7-,8-/m0/s1. The molecule has 0 aromatic carbocycles. The summed E-state index contributed by atoms with van der Waals surface area (Å²) >= 11 is 0. The SMILES string of the molecule is CC(C)[C@@H]1CC[C@H]1CO. The van der Waals surface area contributed by atoms with E-state index < -0.39 is 0 Å². The van der Waals surface area contributed by atoms with Gasteiger partial charge in [-0.3, -0.25) is 0 Å². The van der Waals surface area contributed by atoms with Crippen LogP contribution in [0.3, 0.4) is 0 Å². The predicted octanol–water partition coefficient (Wildman–Crippen LogP) is 1.66. The lowest BCUT2D eigenvalue weighted by atomic mass is 9.68. The molecule has 1 N–H and O–H groups in total. The summed E-state index contributed by atoms with van der Waals surface area (Å²) in [5.41, 5.74) is 0. The van der Waals surface area contributed by atoms with E-state index in [0.717, 1.165) is 11.8 Å². The third-order valence-electron chi connectivity index (χ3n) is 2.57. The molecule has 0 aliphatic heterocycles. The Hall–Kier alpha value is -0.0400. The van der Waals surface area contributed by atoms with Crippen molar-refractivity contribution >= 4 is 0 Å². The van der Waals surface area contributed by atoms with Crippen LogP contribution in [0.15, 0.2) is 0 Å². The third-order valence-corrected chi connectivity index (χ3v) is 2.57. The fraction of sp³-hybridized carbons (Fsp3) is 1.00. The first kappa shape index (κ1) is 7.07. The van der Waals surface area contributed by atoms with Gasteiger partial charge in [-0.05, 0) is 30.6 Å². The number of hydrogen-bond acceptors (Lipinski definition) is 1. The highest BCUT2D eigenvalue weighted by Crippen LogP contribution is 2.38. The van der Waals surface area contributed by atoms with Crippen LogP contribution in [0.5, 0.6) is 0 Å². The maximum Gasteiger partial charge on any atom is 0.0462 e. The zero-order valence-corrected chi connectivity index (χ0v) is 6.30. The number of hydrogen-bond donors (Lipinski definition) is 1. The summed E-state index contributed by atoms with van der Waals surface area (Å²) in [5.74, 6) is 2.22. The van der Waals surface area contributed by atoms with Crippen LogP contribution in [-0.4, -0.2) is 11.7 Å². The van der Waals surface area contributed by atoms with E-state index in [9.17, 15) is 0 Å². The average molecular weight is 128 g/mol. The van der Waals surface area contributed by atoms with Crippen LogP contribution in [0.4, 0.5) is 0 Å². The van der Waals surface area contributed by atoms with Crippen LogP contribution in [0, 0.1) is 17.8 Å². The Bertz CT molecular complexity index is 86.6. The summed E-state index contributed by atoms with van der Waals surface area (Å²) in [6.45, 7) is 4.89. The molecule has 0 heterocycles. The molecule has 0 aromatic rings. The first-order valence-corrected chi connectivity index (χ1v) is 3.86. The molecular formula is C8H16O. The van der Waals surface area contributed by atoms with Crippen LogP contribution in [0.2, 0.25) is 0 Å². The molecule has 1 rings (SSSR count). The molecule has 0 unspecified atom stereocenters. The minimum absolute atomic E-state index is 0.406. The zero-order valence-electron chi connectivity index (χ0n) is 6.30. The van der Waals surface area contributed by atoms with Crippen LogP contribution >= 0.6 is 0 Å². The fourth-order valence-corrected chi connectivity index (χ4v) is 1.70. The second-order valence-electron chi connectivity index (χ2n) is 3.43. The van der Waals surface area contributed by atoms with Crippen molar-refractivity contribution < 1.29 is 5.11 Å². The molecule has 1 heteroatoms. The van der Waals surface area contributed by atoms with Gasteiger partial charge in [-0.15, -0.1) is 0 Å². The second-order valence-corrected chi connectivity index (χ2v) is 3.43. The molecule has 0 spiro atoms. The Labute approximate surface area is 57.1 Å². The minimum atomic E-state index is 0.406. The smallest absolute Gasteiger partial charge is 0.0462 e. The van der Waals surface area contributed by atoms with E-state index in [2.05, 4.69) is 13.8 Å². The van der Waals surface area contributed by atoms with Crippen LogP contribution in [0.25, 0.3) is 0 Å². The van der Waals surface area contributed by atoms with E-state index in [1.165, 1.54) is 12.8 Å². The van der Waals surface area contributed by atoms with E-state index in [0.29, 0.717) is 12.5 Å². The molecule has 1 fully saturated rings. The predicted molar refractivity (Wildman–Crippen MR) is 38.1 cm³/mol. The van der Waals surface area contributed by atoms with Crippen molar-refractivity contribution in [1.82, 2.24) is 0 Å². The molecule has 0 saturated heterocycles. The van der Waals surface area contributed by atoms with Gasteiger partial charge < -0.3 is 5.11 Å². The van der Waals surface area contributed by atoms with Crippen molar-refractivity contribution in [2.24, 2.45) is 17.8 Å². The van der Waals surface area contributed by atoms with Gasteiger partial charge in [-0.25, -0.2) is 0 Å². The van der Waals surface area contributed by atoms with Gasteiger partial charge in [0.05, 0.1) is 0 Å². The van der Waals surface area contributed by atoms with Gasteiger partial charge in [0.1, 0.15) is 0 Å². The third kappa shape index (κ3) is 1.26. The largest absolute Gasteiger partial charge is 0.396 e. The van der Waals surface area contributed by atoms with Gasteiger partial charge in [0.25, 0.3) is 0 Å². The Balaban J connectivity index is 2.27. The quantitative estimate of drug-likeness (QED) is 0.599. The maximum atomic E-state index is 8.81. The fourth-order valence-electron chi connectivity index (χ4n) is 1.70. The van der Waals surface area contributed by atoms with E-state index in [4.69, 9.17) is 5.11 Å². The molecule has 0 radical (unpaired) electrons. The van der Waals surface area contributed by atoms with Crippen molar-refractivity contribution in [1.29, 1.82) is 0 Å². The summed E-state index contributed by atoms with van der Waals surface area (Å²) < 4.78 is 0. The molecule has 1 aliphatic carbocycles. The van der Waals surface area contributed by atoms with Crippen molar-refractivity contribution in [2.45, 2.75) is 26.7 Å².